The molecule has 0 fully saturated rings. The molecule has 1 N–H and O–H groups in total. The van der Waals surface area contributed by atoms with Gasteiger partial charge in [-0.15, -0.1) is 0 Å². The lowest BCUT2D eigenvalue weighted by molar-refractivity contribution is 0.0723. The molecular formula is C58H71NO9. The largest absolute Gasteiger partial charge is 0.494 e. The molecule has 0 aliphatic carbocycles. The quantitative estimate of drug-likeness (QED) is 0.0255. The summed E-state index contributed by atoms with van der Waals surface area (Å²) < 4.78 is 28.4. The van der Waals surface area contributed by atoms with Crippen molar-refractivity contribution < 1.29 is 42.9 Å². The van der Waals surface area contributed by atoms with Crippen molar-refractivity contribution in [2.45, 2.75) is 142 Å². The highest BCUT2D eigenvalue weighted by Crippen LogP contribution is 2.23. The van der Waals surface area contributed by atoms with Crippen molar-refractivity contribution in [3.05, 3.63) is 144 Å². The van der Waals surface area contributed by atoms with Crippen LogP contribution in [0.2, 0.25) is 0 Å². The number of anilines is 1. The minimum Gasteiger partial charge on any atom is -0.494 e. The van der Waals surface area contributed by atoms with E-state index in [2.05, 4.69) is 19.2 Å². The van der Waals surface area contributed by atoms with Gasteiger partial charge in [-0.1, -0.05) is 135 Å². The summed E-state index contributed by atoms with van der Waals surface area (Å²) in [6, 6.07) is 32.5. The van der Waals surface area contributed by atoms with E-state index in [9.17, 15) is 19.2 Å². The molecule has 10 heteroatoms. The maximum Gasteiger partial charge on any atom is 0.343 e. The Morgan fingerprint density at radius 3 is 1.06 bits per heavy atom. The van der Waals surface area contributed by atoms with Gasteiger partial charge in [0.15, 0.2) is 0 Å². The molecular weight excluding hydrogens is 855 g/mol. The molecule has 0 aromatic heterocycles. The third-order valence-electron chi connectivity index (χ3n) is 11.6. The van der Waals surface area contributed by atoms with Gasteiger partial charge in [0.1, 0.15) is 28.7 Å². The highest BCUT2D eigenvalue weighted by molar-refractivity contribution is 6.04. The van der Waals surface area contributed by atoms with Crippen molar-refractivity contribution in [2.75, 3.05) is 18.5 Å². The van der Waals surface area contributed by atoms with Gasteiger partial charge in [0.2, 0.25) is 0 Å². The molecule has 0 saturated heterocycles. The standard InChI is InChI=1S/C58H71NO9/c1-3-5-7-9-11-13-15-17-19-21-42-64-50-34-28-46(29-35-50)56(61)66-52-38-26-45(27-39-52)55(60)59-49-24-23-25-54(44-49)68-58(63)48-32-40-53(41-33-48)67-57(62)47-30-36-51(37-31-47)65-43-22-20-18-16-14-12-10-8-6-4-2/h23-41,44H,3-22,42-43H2,1-2H3,(H,59,60). The van der Waals surface area contributed by atoms with Crippen molar-refractivity contribution in [3.63, 3.8) is 0 Å². The van der Waals surface area contributed by atoms with Crippen molar-refractivity contribution >= 4 is 29.5 Å². The number of unbranched alkanes of at least 4 members (excludes halogenated alkanes) is 18. The molecule has 1 amide bonds. The maximum atomic E-state index is 13.1. The Hall–Kier alpha value is -6.42. The second-order valence-electron chi connectivity index (χ2n) is 17.3. The van der Waals surface area contributed by atoms with Crippen LogP contribution in [-0.4, -0.2) is 37.0 Å². The van der Waals surface area contributed by atoms with Gasteiger partial charge in [0, 0.05) is 17.3 Å². The number of carbonyl (C=O) groups excluding carboxylic acids is 4. The third-order valence-corrected chi connectivity index (χ3v) is 11.6. The van der Waals surface area contributed by atoms with E-state index < -0.39 is 23.8 Å². The zero-order valence-electron chi connectivity index (χ0n) is 40.3. The summed E-state index contributed by atoms with van der Waals surface area (Å²) in [4.78, 5) is 51.7. The number of hydrogen-bond donors (Lipinski definition) is 1. The van der Waals surface area contributed by atoms with E-state index in [0.717, 1.165) is 25.7 Å². The predicted octanol–water partition coefficient (Wildman–Crippen LogP) is 15.2. The van der Waals surface area contributed by atoms with E-state index in [4.69, 9.17) is 23.7 Å². The fourth-order valence-corrected chi connectivity index (χ4v) is 7.61. The van der Waals surface area contributed by atoms with Crippen LogP contribution in [0.25, 0.3) is 0 Å². The van der Waals surface area contributed by atoms with Crippen molar-refractivity contribution in [1.82, 2.24) is 0 Å². The number of rotatable bonds is 32. The summed E-state index contributed by atoms with van der Waals surface area (Å²) in [6.07, 6.45) is 25.3. The molecule has 0 radical (unpaired) electrons. The first kappa shape index (κ1) is 52.5. The lowest BCUT2D eigenvalue weighted by atomic mass is 10.1. The molecule has 5 rings (SSSR count). The Bertz CT molecular complexity index is 2080. The van der Waals surface area contributed by atoms with Gasteiger partial charge < -0.3 is 29.0 Å². The number of nitrogens with one attached hydrogen (secondary N) is 1. The molecule has 0 spiro atoms. The molecule has 0 aliphatic rings. The molecule has 362 valence electrons. The molecule has 5 aromatic carbocycles. The van der Waals surface area contributed by atoms with Gasteiger partial charge in [-0.3, -0.25) is 4.79 Å². The van der Waals surface area contributed by atoms with Crippen LogP contribution in [0.5, 0.6) is 28.7 Å². The van der Waals surface area contributed by atoms with Crippen LogP contribution >= 0.6 is 0 Å². The normalized spacial score (nSPS) is 10.9. The smallest absolute Gasteiger partial charge is 0.343 e. The monoisotopic (exact) mass is 926 g/mol. The molecule has 0 aliphatic heterocycles. The molecule has 0 atom stereocenters. The van der Waals surface area contributed by atoms with E-state index in [-0.39, 0.29) is 22.8 Å². The predicted molar refractivity (Wildman–Crippen MR) is 270 cm³/mol. The number of ether oxygens (including phenoxy) is 5. The highest BCUT2D eigenvalue weighted by Gasteiger charge is 2.15. The molecule has 0 heterocycles. The van der Waals surface area contributed by atoms with E-state index in [1.807, 2.05) is 0 Å². The van der Waals surface area contributed by atoms with Gasteiger partial charge in [0.25, 0.3) is 5.91 Å². The van der Waals surface area contributed by atoms with Gasteiger partial charge in [0.05, 0.1) is 29.9 Å². The van der Waals surface area contributed by atoms with Crippen LogP contribution in [0.1, 0.15) is 184 Å². The van der Waals surface area contributed by atoms with Gasteiger partial charge in [-0.05, 0) is 122 Å². The number of amides is 1. The Kier molecular flexibility index (Phi) is 23.8. The zero-order valence-corrected chi connectivity index (χ0v) is 40.3. The minimum atomic E-state index is -0.631. The summed E-state index contributed by atoms with van der Waals surface area (Å²) in [5.41, 5.74) is 1.74. The first-order valence-corrected chi connectivity index (χ1v) is 25.0. The Morgan fingerprint density at radius 2 is 0.676 bits per heavy atom. The average molecular weight is 926 g/mol. The van der Waals surface area contributed by atoms with Crippen LogP contribution in [0, 0.1) is 0 Å². The van der Waals surface area contributed by atoms with E-state index >= 15 is 0 Å². The molecule has 10 nitrogen and oxygen atoms in total. The van der Waals surface area contributed by atoms with Crippen molar-refractivity contribution in [2.24, 2.45) is 0 Å². The van der Waals surface area contributed by atoms with Crippen molar-refractivity contribution in [3.8, 4) is 28.7 Å². The fraction of sp³-hybridized carbons (Fsp3) is 0.414. The fourth-order valence-electron chi connectivity index (χ4n) is 7.61. The van der Waals surface area contributed by atoms with Crippen LogP contribution in [0.3, 0.4) is 0 Å². The maximum absolute atomic E-state index is 13.1. The first-order valence-electron chi connectivity index (χ1n) is 25.0. The summed E-state index contributed by atoms with van der Waals surface area (Å²) in [6.45, 7) is 5.77. The number of esters is 3. The number of benzene rings is 5. The molecule has 0 unspecified atom stereocenters. The summed E-state index contributed by atoms with van der Waals surface area (Å²) >= 11 is 0. The minimum absolute atomic E-state index is 0.218. The summed E-state index contributed by atoms with van der Waals surface area (Å²) in [5, 5.41) is 2.80. The topological polar surface area (TPSA) is 126 Å². The van der Waals surface area contributed by atoms with E-state index in [0.29, 0.717) is 47.1 Å². The van der Waals surface area contributed by atoms with E-state index in [1.54, 1.807) is 91.0 Å². The van der Waals surface area contributed by atoms with Crippen LogP contribution < -0.4 is 29.0 Å². The van der Waals surface area contributed by atoms with Crippen LogP contribution in [-0.2, 0) is 0 Å². The zero-order chi connectivity index (χ0) is 48.0. The summed E-state index contributed by atoms with van der Waals surface area (Å²) in [7, 11) is 0. The summed E-state index contributed by atoms with van der Waals surface area (Å²) in [5.74, 6) is 0.104. The SMILES string of the molecule is CCCCCCCCCCCCOc1ccc(C(=O)Oc2ccc(C(=O)Nc3cccc(OC(=O)c4ccc(OC(=O)c5ccc(OCCCCCCCCCCCC)cc5)cc4)c3)cc2)cc1. The number of hydrogen-bond acceptors (Lipinski definition) is 9. The first-order chi connectivity index (χ1) is 33.3. The second kappa shape index (κ2) is 30.8. The lowest BCUT2D eigenvalue weighted by Gasteiger charge is -2.10. The lowest BCUT2D eigenvalue weighted by Crippen LogP contribution is -2.13. The Balaban J connectivity index is 0.973. The Morgan fingerprint density at radius 1 is 0.353 bits per heavy atom. The van der Waals surface area contributed by atoms with Gasteiger partial charge >= 0.3 is 17.9 Å². The molecule has 5 aromatic rings. The number of carbonyl (C=O) groups is 4. The highest BCUT2D eigenvalue weighted by atomic mass is 16.5. The third kappa shape index (κ3) is 19.8. The van der Waals surface area contributed by atoms with Crippen LogP contribution in [0.15, 0.2) is 121 Å². The van der Waals surface area contributed by atoms with Gasteiger partial charge in [-0.25, -0.2) is 14.4 Å². The molecule has 68 heavy (non-hydrogen) atoms. The van der Waals surface area contributed by atoms with Crippen LogP contribution in [0.4, 0.5) is 5.69 Å². The molecule has 0 saturated carbocycles. The Labute approximate surface area is 404 Å². The average Bonchev–Trinajstić information content (AvgIpc) is 3.35. The second-order valence-corrected chi connectivity index (χ2v) is 17.3. The molecule has 0 bridgehead atoms. The van der Waals surface area contributed by atoms with Crippen molar-refractivity contribution in [1.29, 1.82) is 0 Å². The van der Waals surface area contributed by atoms with E-state index in [1.165, 1.54) is 133 Å². The van der Waals surface area contributed by atoms with Gasteiger partial charge in [-0.2, -0.15) is 0 Å².